The molecule has 0 spiro atoms. The minimum atomic E-state index is -1.94. The molecule has 0 atom stereocenters. The predicted molar refractivity (Wildman–Crippen MR) is 127 cm³/mol. The van der Waals surface area contributed by atoms with E-state index in [1.54, 1.807) is 97.1 Å². The van der Waals surface area contributed by atoms with E-state index < -0.39 is 17.5 Å². The van der Waals surface area contributed by atoms with Crippen molar-refractivity contribution in [3.63, 3.8) is 0 Å². The van der Waals surface area contributed by atoms with E-state index in [0.717, 1.165) is 0 Å². The molecule has 2 N–H and O–H groups in total. The summed E-state index contributed by atoms with van der Waals surface area (Å²) in [5, 5.41) is 15.4. The van der Waals surface area contributed by atoms with Gasteiger partial charge in [0.2, 0.25) is 0 Å². The molecule has 0 fully saturated rings. The molecule has 3 aromatic carbocycles. The molecule has 4 aromatic rings. The molecule has 7 heteroatoms. The van der Waals surface area contributed by atoms with Crippen LogP contribution in [0.15, 0.2) is 107 Å². The fourth-order valence-electron chi connectivity index (χ4n) is 3.58. The summed E-state index contributed by atoms with van der Waals surface area (Å²) in [4.78, 5) is 25.1. The molecule has 0 radical (unpaired) electrons. The molecule has 1 heterocycles. The van der Waals surface area contributed by atoms with E-state index >= 15 is 0 Å². The maximum absolute atomic E-state index is 13.1. The van der Waals surface area contributed by atoms with Crippen molar-refractivity contribution in [2.24, 2.45) is 5.10 Å². The third kappa shape index (κ3) is 4.51. The lowest BCUT2D eigenvalue weighted by atomic mass is 9.85. The normalized spacial score (nSPS) is 11.4. The Labute approximate surface area is 196 Å². The van der Waals surface area contributed by atoms with Crippen molar-refractivity contribution in [3.8, 4) is 11.3 Å². The quantitative estimate of drug-likeness (QED) is 0.249. The zero-order valence-electron chi connectivity index (χ0n) is 18.3. The number of furan rings is 1. The Bertz CT molecular complexity index is 1270. The third-order valence-corrected chi connectivity index (χ3v) is 5.29. The van der Waals surface area contributed by atoms with Crippen LogP contribution in [0.1, 0.15) is 27.2 Å². The van der Waals surface area contributed by atoms with Gasteiger partial charge in [0.15, 0.2) is 5.60 Å². The minimum Gasteiger partial charge on any atom is -0.465 e. The van der Waals surface area contributed by atoms with E-state index in [2.05, 4.69) is 10.5 Å². The third-order valence-electron chi connectivity index (χ3n) is 5.29. The van der Waals surface area contributed by atoms with Gasteiger partial charge in [-0.15, -0.1) is 0 Å². The molecule has 1 amide bonds. The molecule has 0 unspecified atom stereocenters. The first kappa shape index (κ1) is 22.7. The second-order valence-corrected chi connectivity index (χ2v) is 7.38. The number of aliphatic hydroxyl groups is 1. The summed E-state index contributed by atoms with van der Waals surface area (Å²) >= 11 is 0. The smallest absolute Gasteiger partial charge is 0.338 e. The fourth-order valence-corrected chi connectivity index (χ4v) is 3.58. The molecule has 1 aromatic heterocycles. The van der Waals surface area contributed by atoms with Gasteiger partial charge < -0.3 is 14.3 Å². The molecule has 0 aliphatic carbocycles. The molecular formula is C27H22N2O5. The monoisotopic (exact) mass is 454 g/mol. The van der Waals surface area contributed by atoms with E-state index in [1.807, 2.05) is 0 Å². The van der Waals surface area contributed by atoms with Crippen molar-refractivity contribution in [1.29, 1.82) is 0 Å². The zero-order valence-corrected chi connectivity index (χ0v) is 18.3. The second-order valence-electron chi connectivity index (χ2n) is 7.38. The van der Waals surface area contributed by atoms with Gasteiger partial charge in [-0.2, -0.15) is 5.10 Å². The van der Waals surface area contributed by atoms with E-state index in [1.165, 1.54) is 13.3 Å². The van der Waals surface area contributed by atoms with Crippen LogP contribution in [0, 0.1) is 0 Å². The predicted octanol–water partition coefficient (Wildman–Crippen LogP) is 4.12. The number of nitrogens with zero attached hydrogens (tertiary/aromatic N) is 1. The summed E-state index contributed by atoms with van der Waals surface area (Å²) in [6.45, 7) is 0. The topological polar surface area (TPSA) is 101 Å². The number of hydrogen-bond acceptors (Lipinski definition) is 6. The van der Waals surface area contributed by atoms with Gasteiger partial charge in [0.1, 0.15) is 11.5 Å². The Kier molecular flexibility index (Phi) is 6.66. The molecule has 0 aliphatic rings. The SMILES string of the molecule is COC(=O)c1ccccc1-c1ccc(/C=N\NC(=O)C(O)(c2ccccc2)c2ccccc2)o1. The van der Waals surface area contributed by atoms with E-state index in [-0.39, 0.29) is 0 Å². The summed E-state index contributed by atoms with van der Waals surface area (Å²) < 4.78 is 10.6. The van der Waals surface area contributed by atoms with Gasteiger partial charge in [0, 0.05) is 5.56 Å². The highest BCUT2D eigenvalue weighted by Gasteiger charge is 2.39. The number of benzene rings is 3. The van der Waals surface area contributed by atoms with E-state index in [0.29, 0.717) is 33.8 Å². The van der Waals surface area contributed by atoms with Crippen molar-refractivity contribution >= 4 is 18.1 Å². The molecule has 0 saturated heterocycles. The number of ether oxygens (including phenoxy) is 1. The largest absolute Gasteiger partial charge is 0.465 e. The van der Waals surface area contributed by atoms with Crippen LogP contribution in [0.25, 0.3) is 11.3 Å². The van der Waals surface area contributed by atoms with Crippen molar-refractivity contribution in [1.82, 2.24) is 5.43 Å². The summed E-state index contributed by atoms with van der Waals surface area (Å²) in [5.41, 5.74) is 2.22. The van der Waals surface area contributed by atoms with Crippen molar-refractivity contribution in [2.75, 3.05) is 7.11 Å². The number of carbonyl (C=O) groups is 2. The molecule has 0 aliphatic heterocycles. The molecule has 34 heavy (non-hydrogen) atoms. The molecule has 0 bridgehead atoms. The van der Waals surface area contributed by atoms with Gasteiger partial charge in [-0.3, -0.25) is 4.79 Å². The van der Waals surface area contributed by atoms with E-state index in [4.69, 9.17) is 9.15 Å². The van der Waals surface area contributed by atoms with Crippen LogP contribution in [-0.2, 0) is 15.1 Å². The number of nitrogens with one attached hydrogen (secondary N) is 1. The second kappa shape index (κ2) is 9.97. The summed E-state index contributed by atoms with van der Waals surface area (Å²) in [6.07, 6.45) is 1.32. The average Bonchev–Trinajstić information content (AvgIpc) is 3.37. The summed E-state index contributed by atoms with van der Waals surface area (Å²) in [5.74, 6) is -0.406. The number of carbonyl (C=O) groups excluding carboxylic acids is 2. The highest BCUT2D eigenvalue weighted by molar-refractivity contribution is 5.96. The molecule has 0 saturated carbocycles. The Balaban J connectivity index is 1.55. The Morgan fingerprint density at radius 3 is 2.09 bits per heavy atom. The van der Waals surface area contributed by atoms with Crippen LogP contribution in [0.3, 0.4) is 0 Å². The Morgan fingerprint density at radius 1 is 0.882 bits per heavy atom. The Hall–Kier alpha value is -4.49. The highest BCUT2D eigenvalue weighted by atomic mass is 16.5. The fraction of sp³-hybridized carbons (Fsp3) is 0.0741. The van der Waals surface area contributed by atoms with Crippen molar-refractivity contribution in [3.05, 3.63) is 120 Å². The van der Waals surface area contributed by atoms with Crippen molar-refractivity contribution in [2.45, 2.75) is 5.60 Å². The molecular weight excluding hydrogens is 432 g/mol. The number of rotatable bonds is 7. The maximum Gasteiger partial charge on any atom is 0.338 e. The summed E-state index contributed by atoms with van der Waals surface area (Å²) in [7, 11) is 1.31. The van der Waals surface area contributed by atoms with E-state index in [9.17, 15) is 14.7 Å². The Morgan fingerprint density at radius 2 is 1.47 bits per heavy atom. The van der Waals surface area contributed by atoms with Gasteiger partial charge in [-0.05, 0) is 29.3 Å². The van der Waals surface area contributed by atoms with Crippen LogP contribution in [0.4, 0.5) is 0 Å². The van der Waals surface area contributed by atoms with Gasteiger partial charge in [-0.1, -0.05) is 78.9 Å². The first-order chi connectivity index (χ1) is 16.5. The van der Waals surface area contributed by atoms with Crippen LogP contribution in [0.2, 0.25) is 0 Å². The van der Waals surface area contributed by atoms with Crippen LogP contribution >= 0.6 is 0 Å². The lowest BCUT2D eigenvalue weighted by Crippen LogP contribution is -2.43. The standard InChI is InChI=1S/C27H22N2O5/c1-33-25(30)23-15-9-8-14-22(23)24-17-16-21(34-24)18-28-29-26(31)27(32,19-10-4-2-5-11-19)20-12-6-3-7-13-20/h2-18,32H,1H3,(H,29,31)/b28-18-. The average molecular weight is 454 g/mol. The first-order valence-corrected chi connectivity index (χ1v) is 10.5. The molecule has 4 rings (SSSR count). The lowest BCUT2D eigenvalue weighted by molar-refractivity contribution is -0.136. The van der Waals surface area contributed by atoms with Gasteiger partial charge in [-0.25, -0.2) is 10.2 Å². The number of methoxy groups -OCH3 is 1. The van der Waals surface area contributed by atoms with Gasteiger partial charge >= 0.3 is 5.97 Å². The van der Waals surface area contributed by atoms with Crippen LogP contribution in [-0.4, -0.2) is 30.3 Å². The number of hydrazone groups is 1. The molecule has 170 valence electrons. The number of esters is 1. The zero-order chi connectivity index (χ0) is 24.0. The summed E-state index contributed by atoms with van der Waals surface area (Å²) in [6, 6.07) is 27.5. The van der Waals surface area contributed by atoms with Crippen LogP contribution in [0.5, 0.6) is 0 Å². The highest BCUT2D eigenvalue weighted by Crippen LogP contribution is 2.30. The first-order valence-electron chi connectivity index (χ1n) is 10.5. The number of amides is 1. The van der Waals surface area contributed by atoms with Gasteiger partial charge in [0.05, 0.1) is 18.9 Å². The van der Waals surface area contributed by atoms with Crippen LogP contribution < -0.4 is 5.43 Å². The minimum absolute atomic E-state index is 0.345. The van der Waals surface area contributed by atoms with Crippen molar-refractivity contribution < 1.29 is 23.8 Å². The van der Waals surface area contributed by atoms with Gasteiger partial charge in [0.25, 0.3) is 5.91 Å². The maximum atomic E-state index is 13.1. The lowest BCUT2D eigenvalue weighted by Gasteiger charge is -2.26. The molecule has 7 nitrogen and oxygen atoms in total. The number of hydrogen-bond donors (Lipinski definition) is 2.